The van der Waals surface area contributed by atoms with E-state index in [2.05, 4.69) is 103 Å². The summed E-state index contributed by atoms with van der Waals surface area (Å²) in [7, 11) is 0. The Morgan fingerprint density at radius 1 is 0.758 bits per heavy atom. The van der Waals surface area contributed by atoms with Gasteiger partial charge in [0.1, 0.15) is 0 Å². The molecule has 0 spiro atoms. The van der Waals surface area contributed by atoms with E-state index >= 15 is 0 Å². The second-order valence-electron chi connectivity index (χ2n) is 8.86. The minimum absolute atomic E-state index is 0.771. The first-order valence-corrected chi connectivity index (χ1v) is 11.2. The Kier molecular flexibility index (Phi) is 4.27. The number of para-hydroxylation sites is 1. The average Bonchev–Trinajstić information content (AvgIpc) is 3.50. The lowest BCUT2D eigenvalue weighted by Gasteiger charge is -2.14. The number of rotatable bonds is 3. The zero-order valence-corrected chi connectivity index (χ0v) is 19.2. The summed E-state index contributed by atoms with van der Waals surface area (Å²) in [4.78, 5) is 4.65. The van der Waals surface area contributed by atoms with E-state index in [4.69, 9.17) is 5.10 Å². The van der Waals surface area contributed by atoms with Crippen molar-refractivity contribution >= 4 is 21.8 Å². The molecule has 0 saturated heterocycles. The quantitative estimate of drug-likeness (QED) is 0.326. The molecule has 0 aliphatic rings. The largest absolute Gasteiger partial charge is 0.306 e. The van der Waals surface area contributed by atoms with Gasteiger partial charge in [0.2, 0.25) is 5.95 Å². The zero-order valence-electron chi connectivity index (χ0n) is 19.2. The highest BCUT2D eigenvalue weighted by molar-refractivity contribution is 6.09. The van der Waals surface area contributed by atoms with E-state index in [0.717, 1.165) is 17.3 Å². The Labute approximate surface area is 192 Å². The molecule has 3 aromatic heterocycles. The standard InChI is InChI=1S/C28H25N5/c1-18-9-10-26-24(15-18)23-7-5-6-8-25(23)33(26)22-16-30-32(17-22)28-29-11-12-31(28)27-20(3)13-19(2)14-21(27)4/h5-17H,1-4H3. The van der Waals surface area contributed by atoms with Gasteiger partial charge in [-0.05, 0) is 57.0 Å². The van der Waals surface area contributed by atoms with E-state index in [1.807, 2.05) is 23.3 Å². The normalized spacial score (nSPS) is 11.6. The smallest absolute Gasteiger partial charge is 0.235 e. The van der Waals surface area contributed by atoms with Crippen molar-refractivity contribution in [1.82, 2.24) is 23.9 Å². The van der Waals surface area contributed by atoms with Crippen molar-refractivity contribution in [2.24, 2.45) is 0 Å². The van der Waals surface area contributed by atoms with E-state index < -0.39 is 0 Å². The molecule has 0 bridgehead atoms. The number of aryl methyl sites for hydroxylation is 4. The van der Waals surface area contributed by atoms with Crippen molar-refractivity contribution in [2.45, 2.75) is 27.7 Å². The van der Waals surface area contributed by atoms with Crippen molar-refractivity contribution < 1.29 is 0 Å². The maximum absolute atomic E-state index is 4.72. The fourth-order valence-electron chi connectivity index (χ4n) is 5.10. The van der Waals surface area contributed by atoms with Crippen LogP contribution >= 0.6 is 0 Å². The fourth-order valence-corrected chi connectivity index (χ4v) is 5.10. The van der Waals surface area contributed by atoms with Crippen LogP contribution in [0.5, 0.6) is 0 Å². The number of hydrogen-bond donors (Lipinski definition) is 0. The van der Waals surface area contributed by atoms with E-state index in [1.54, 1.807) is 0 Å². The monoisotopic (exact) mass is 431 g/mol. The van der Waals surface area contributed by atoms with Crippen LogP contribution in [0, 0.1) is 27.7 Å². The second-order valence-corrected chi connectivity index (χ2v) is 8.86. The summed E-state index contributed by atoms with van der Waals surface area (Å²) in [6.45, 7) is 8.56. The van der Waals surface area contributed by atoms with Gasteiger partial charge in [-0.15, -0.1) is 0 Å². The van der Waals surface area contributed by atoms with Crippen LogP contribution in [-0.4, -0.2) is 23.9 Å². The molecule has 0 unspecified atom stereocenters. The van der Waals surface area contributed by atoms with Crippen LogP contribution in [0.15, 0.2) is 79.4 Å². The molecule has 5 nitrogen and oxygen atoms in total. The number of aromatic nitrogens is 5. The van der Waals surface area contributed by atoms with Gasteiger partial charge in [0, 0.05) is 23.2 Å². The predicted octanol–water partition coefficient (Wildman–Crippen LogP) is 6.39. The zero-order chi connectivity index (χ0) is 22.7. The Hall–Kier alpha value is -4.12. The molecule has 3 heterocycles. The first-order valence-electron chi connectivity index (χ1n) is 11.2. The van der Waals surface area contributed by atoms with E-state index in [1.165, 1.54) is 44.1 Å². The van der Waals surface area contributed by atoms with Gasteiger partial charge in [-0.3, -0.25) is 4.57 Å². The molecule has 5 heteroatoms. The maximum atomic E-state index is 4.72. The molecule has 0 amide bonds. The molecule has 0 saturated carbocycles. The van der Waals surface area contributed by atoms with Crippen LogP contribution in [0.2, 0.25) is 0 Å². The Morgan fingerprint density at radius 2 is 1.52 bits per heavy atom. The van der Waals surface area contributed by atoms with Crippen LogP contribution in [0.1, 0.15) is 22.3 Å². The van der Waals surface area contributed by atoms with Gasteiger partial charge in [0.05, 0.1) is 34.8 Å². The van der Waals surface area contributed by atoms with Crippen LogP contribution in [0.4, 0.5) is 0 Å². The lowest BCUT2D eigenvalue weighted by Crippen LogP contribution is -2.08. The van der Waals surface area contributed by atoms with Crippen molar-refractivity contribution in [2.75, 3.05) is 0 Å². The maximum Gasteiger partial charge on any atom is 0.235 e. The summed E-state index contributed by atoms with van der Waals surface area (Å²) < 4.78 is 6.27. The van der Waals surface area contributed by atoms with Crippen molar-refractivity contribution in [3.8, 4) is 17.3 Å². The van der Waals surface area contributed by atoms with Gasteiger partial charge < -0.3 is 4.57 Å². The number of imidazole rings is 1. The van der Waals surface area contributed by atoms with Crippen molar-refractivity contribution in [3.63, 3.8) is 0 Å². The second kappa shape index (κ2) is 7.20. The summed E-state index contributed by atoms with van der Waals surface area (Å²) in [6.07, 6.45) is 7.81. The summed E-state index contributed by atoms with van der Waals surface area (Å²) in [5, 5.41) is 7.22. The van der Waals surface area contributed by atoms with Crippen LogP contribution in [-0.2, 0) is 0 Å². The Morgan fingerprint density at radius 3 is 2.33 bits per heavy atom. The highest BCUT2D eigenvalue weighted by Gasteiger charge is 2.16. The minimum atomic E-state index is 0.771. The third-order valence-corrected chi connectivity index (χ3v) is 6.36. The van der Waals surface area contributed by atoms with Crippen LogP contribution in [0.3, 0.4) is 0 Å². The van der Waals surface area contributed by atoms with Gasteiger partial charge in [-0.2, -0.15) is 5.10 Å². The summed E-state index contributed by atoms with van der Waals surface area (Å²) in [5.74, 6) is 0.771. The van der Waals surface area contributed by atoms with Crippen LogP contribution < -0.4 is 0 Å². The topological polar surface area (TPSA) is 40.6 Å². The molecule has 0 N–H and O–H groups in total. The molecule has 0 fully saturated rings. The first-order chi connectivity index (χ1) is 16.0. The van der Waals surface area contributed by atoms with Crippen molar-refractivity contribution in [1.29, 1.82) is 0 Å². The van der Waals surface area contributed by atoms with Gasteiger partial charge >= 0.3 is 0 Å². The molecule has 0 atom stereocenters. The first kappa shape index (κ1) is 19.6. The van der Waals surface area contributed by atoms with E-state index in [9.17, 15) is 0 Å². The molecular weight excluding hydrogens is 406 g/mol. The molecule has 33 heavy (non-hydrogen) atoms. The van der Waals surface area contributed by atoms with Gasteiger partial charge in [-0.25, -0.2) is 9.67 Å². The number of benzene rings is 3. The van der Waals surface area contributed by atoms with E-state index in [-0.39, 0.29) is 0 Å². The van der Waals surface area contributed by atoms with Crippen LogP contribution in [0.25, 0.3) is 39.1 Å². The lowest BCUT2D eigenvalue weighted by atomic mass is 10.1. The average molecular weight is 432 g/mol. The van der Waals surface area contributed by atoms with Crippen molar-refractivity contribution in [3.05, 3.63) is 102 Å². The molecule has 0 aliphatic heterocycles. The molecular formula is C28H25N5. The Balaban J connectivity index is 1.53. The number of hydrogen-bond acceptors (Lipinski definition) is 2. The third-order valence-electron chi connectivity index (χ3n) is 6.36. The summed E-state index contributed by atoms with van der Waals surface area (Å²) >= 11 is 0. The SMILES string of the molecule is Cc1cc(C)c(-n2ccnc2-n2cc(-n3c4ccccc4c4cc(C)ccc43)cn2)c(C)c1. The minimum Gasteiger partial charge on any atom is -0.306 e. The predicted molar refractivity (Wildman–Crippen MR) is 134 cm³/mol. The van der Waals surface area contributed by atoms with Gasteiger partial charge in [0.15, 0.2) is 0 Å². The molecule has 6 aromatic rings. The highest BCUT2D eigenvalue weighted by atomic mass is 15.4. The lowest BCUT2D eigenvalue weighted by molar-refractivity contribution is 0.785. The Bertz CT molecular complexity index is 1640. The molecule has 0 aliphatic carbocycles. The highest BCUT2D eigenvalue weighted by Crippen LogP contribution is 2.32. The summed E-state index contributed by atoms with van der Waals surface area (Å²) in [6, 6.07) is 19.6. The third kappa shape index (κ3) is 3.00. The fraction of sp³-hybridized carbons (Fsp3) is 0.143. The van der Waals surface area contributed by atoms with Gasteiger partial charge in [0.25, 0.3) is 0 Å². The summed E-state index contributed by atoms with van der Waals surface area (Å²) in [5.41, 5.74) is 9.47. The number of nitrogens with zero attached hydrogens (tertiary/aromatic N) is 5. The molecule has 6 rings (SSSR count). The molecule has 3 aromatic carbocycles. The van der Waals surface area contributed by atoms with Gasteiger partial charge in [-0.1, -0.05) is 47.5 Å². The molecule has 162 valence electrons. The van der Waals surface area contributed by atoms with E-state index in [0.29, 0.717) is 0 Å². The molecule has 0 radical (unpaired) electrons. The number of fused-ring (bicyclic) bond motifs is 3.